The van der Waals surface area contributed by atoms with Crippen LogP contribution >= 0.6 is 0 Å². The predicted octanol–water partition coefficient (Wildman–Crippen LogP) is 2.60. The van der Waals surface area contributed by atoms with Crippen molar-refractivity contribution in [2.45, 2.75) is 20.3 Å². The second kappa shape index (κ2) is 9.06. The van der Waals surface area contributed by atoms with Gasteiger partial charge in [0.25, 0.3) is 0 Å². The van der Waals surface area contributed by atoms with E-state index in [0.717, 1.165) is 12.0 Å². The molecule has 0 saturated heterocycles. The molecule has 0 aliphatic rings. The smallest absolute Gasteiger partial charge is 0.123 e. The molecule has 0 heterocycles. The number of carbonyl (C=O) groups is 1. The van der Waals surface area contributed by atoms with E-state index in [1.54, 1.807) is 18.2 Å². The van der Waals surface area contributed by atoms with Gasteiger partial charge in [0, 0.05) is 6.42 Å². The molecule has 0 rings (SSSR count). The number of allylic oxidation sites excluding steroid dienone is 4. The Hall–Kier alpha value is -1.51. The Bertz CT molecular complexity index is 252. The molecule has 0 atom stereocenters. The molecule has 0 aromatic heterocycles. The van der Waals surface area contributed by atoms with Crippen LogP contribution in [0.25, 0.3) is 0 Å². The van der Waals surface area contributed by atoms with Gasteiger partial charge in [-0.15, -0.1) is 0 Å². The Balaban J connectivity index is 4.14. The maximum absolute atomic E-state index is 10.1. The van der Waals surface area contributed by atoms with Gasteiger partial charge in [-0.05, 0) is 32.1 Å². The highest BCUT2D eigenvalue weighted by Crippen LogP contribution is 2.02. The van der Waals surface area contributed by atoms with Crippen molar-refractivity contribution in [3.8, 4) is 0 Å². The number of ether oxygens (including phenoxy) is 2. The fourth-order valence-electron chi connectivity index (χ4n) is 0.875. The van der Waals surface area contributed by atoms with Crippen LogP contribution < -0.4 is 0 Å². The number of hydrogen-bond acceptors (Lipinski definition) is 3. The van der Waals surface area contributed by atoms with Crippen LogP contribution in [0.3, 0.4) is 0 Å². The molecule has 0 aliphatic heterocycles. The van der Waals surface area contributed by atoms with E-state index in [2.05, 4.69) is 6.58 Å². The molecule has 3 heteroatoms. The molecule has 0 N–H and O–H groups in total. The van der Waals surface area contributed by atoms with Gasteiger partial charge in [0.05, 0.1) is 19.0 Å². The van der Waals surface area contributed by atoms with Gasteiger partial charge in [-0.3, -0.25) is 0 Å². The van der Waals surface area contributed by atoms with Gasteiger partial charge in [0.15, 0.2) is 0 Å². The Labute approximate surface area is 91.1 Å². The molecule has 0 aromatic rings. The monoisotopic (exact) mass is 210 g/mol. The molecule has 3 nitrogen and oxygen atoms in total. The van der Waals surface area contributed by atoms with Crippen molar-refractivity contribution in [1.29, 1.82) is 0 Å². The molecule has 0 fully saturated rings. The van der Waals surface area contributed by atoms with Crippen molar-refractivity contribution in [2.75, 3.05) is 13.2 Å². The van der Waals surface area contributed by atoms with Crippen LogP contribution in [0.1, 0.15) is 20.3 Å². The van der Waals surface area contributed by atoms with Crippen molar-refractivity contribution in [1.82, 2.24) is 0 Å². The van der Waals surface area contributed by atoms with Crippen LogP contribution in [0.4, 0.5) is 0 Å². The van der Waals surface area contributed by atoms with Gasteiger partial charge < -0.3 is 14.3 Å². The third kappa shape index (κ3) is 7.55. The molecule has 0 aromatic carbocycles. The lowest BCUT2D eigenvalue weighted by Gasteiger charge is -2.04. The Morgan fingerprint density at radius 2 is 2.07 bits per heavy atom. The second-order valence-corrected chi connectivity index (χ2v) is 2.79. The van der Waals surface area contributed by atoms with Gasteiger partial charge in [-0.25, -0.2) is 0 Å². The summed E-state index contributed by atoms with van der Waals surface area (Å²) in [7, 11) is 0. The fraction of sp³-hybridized carbons (Fsp3) is 0.417. The normalized spacial score (nSPS) is 12.1. The highest BCUT2D eigenvalue weighted by molar-refractivity contribution is 5.49. The molecular weight excluding hydrogens is 192 g/mol. The standard InChI is InChI=1S/C12H18O3/c1-4-12(15-10-6-9-13)8-7-11(3)14-5-2/h4,7-9H,1,5-6,10H2,2-3H3/b11-7+,12-8+. The summed E-state index contributed by atoms with van der Waals surface area (Å²) in [5.74, 6) is 1.45. The van der Waals surface area contributed by atoms with Crippen LogP contribution in [0, 0.1) is 0 Å². The van der Waals surface area contributed by atoms with Crippen molar-refractivity contribution in [3.05, 3.63) is 36.3 Å². The quantitative estimate of drug-likeness (QED) is 0.267. The first-order valence-corrected chi connectivity index (χ1v) is 4.94. The van der Waals surface area contributed by atoms with Gasteiger partial charge in [0.2, 0.25) is 0 Å². The Morgan fingerprint density at radius 3 is 2.60 bits per heavy atom. The zero-order valence-corrected chi connectivity index (χ0v) is 9.36. The SMILES string of the molecule is C=C/C(=C\C=C(/C)OCC)OCCC=O. The van der Waals surface area contributed by atoms with Gasteiger partial charge in [0.1, 0.15) is 12.0 Å². The fourth-order valence-corrected chi connectivity index (χ4v) is 0.875. The van der Waals surface area contributed by atoms with E-state index in [0.29, 0.717) is 25.4 Å². The summed E-state index contributed by atoms with van der Waals surface area (Å²) in [5, 5.41) is 0. The summed E-state index contributed by atoms with van der Waals surface area (Å²) in [6.07, 6.45) is 6.38. The average Bonchev–Trinajstić information content (AvgIpc) is 2.23. The lowest BCUT2D eigenvalue weighted by atomic mass is 10.4. The molecule has 84 valence electrons. The first-order chi connectivity index (χ1) is 7.24. The number of hydrogen-bond donors (Lipinski definition) is 0. The van der Waals surface area contributed by atoms with Gasteiger partial charge >= 0.3 is 0 Å². The van der Waals surface area contributed by atoms with Crippen LogP contribution in [0.15, 0.2) is 36.3 Å². The first kappa shape index (κ1) is 13.5. The average molecular weight is 210 g/mol. The largest absolute Gasteiger partial charge is 0.499 e. The first-order valence-electron chi connectivity index (χ1n) is 4.94. The molecule has 0 saturated carbocycles. The van der Waals surface area contributed by atoms with Crippen LogP contribution in [0.5, 0.6) is 0 Å². The summed E-state index contributed by atoms with van der Waals surface area (Å²) < 4.78 is 10.5. The molecule has 0 unspecified atom stereocenters. The summed E-state index contributed by atoms with van der Waals surface area (Å²) in [5.41, 5.74) is 0. The molecule has 15 heavy (non-hydrogen) atoms. The third-order valence-corrected chi connectivity index (χ3v) is 1.56. The minimum Gasteiger partial charge on any atom is -0.499 e. The molecule has 0 bridgehead atoms. The van der Waals surface area contributed by atoms with E-state index in [1.807, 2.05) is 13.8 Å². The van der Waals surface area contributed by atoms with Crippen molar-refractivity contribution in [2.24, 2.45) is 0 Å². The molecule has 0 amide bonds. The van der Waals surface area contributed by atoms with Crippen molar-refractivity contribution >= 4 is 6.29 Å². The maximum atomic E-state index is 10.1. The van der Waals surface area contributed by atoms with Crippen LogP contribution in [-0.4, -0.2) is 19.5 Å². The zero-order chi connectivity index (χ0) is 11.5. The molecule has 0 aliphatic carbocycles. The van der Waals surface area contributed by atoms with E-state index < -0.39 is 0 Å². The zero-order valence-electron chi connectivity index (χ0n) is 9.36. The minimum atomic E-state index is 0.378. The highest BCUT2D eigenvalue weighted by Gasteiger charge is 1.91. The van der Waals surface area contributed by atoms with E-state index in [9.17, 15) is 4.79 Å². The second-order valence-electron chi connectivity index (χ2n) is 2.79. The van der Waals surface area contributed by atoms with E-state index >= 15 is 0 Å². The minimum absolute atomic E-state index is 0.378. The lowest BCUT2D eigenvalue weighted by Crippen LogP contribution is -1.93. The molecule has 0 radical (unpaired) electrons. The van der Waals surface area contributed by atoms with E-state index in [1.165, 1.54) is 0 Å². The summed E-state index contributed by atoms with van der Waals surface area (Å²) in [4.78, 5) is 10.1. The van der Waals surface area contributed by atoms with Gasteiger partial charge in [-0.1, -0.05) is 6.58 Å². The lowest BCUT2D eigenvalue weighted by molar-refractivity contribution is -0.108. The Morgan fingerprint density at radius 1 is 1.33 bits per heavy atom. The van der Waals surface area contributed by atoms with Crippen LogP contribution in [-0.2, 0) is 14.3 Å². The van der Waals surface area contributed by atoms with Crippen LogP contribution in [0.2, 0.25) is 0 Å². The van der Waals surface area contributed by atoms with Gasteiger partial charge in [-0.2, -0.15) is 0 Å². The third-order valence-electron chi connectivity index (χ3n) is 1.56. The van der Waals surface area contributed by atoms with E-state index in [4.69, 9.17) is 9.47 Å². The molecule has 0 spiro atoms. The molecular formula is C12H18O3. The predicted molar refractivity (Wildman–Crippen MR) is 60.3 cm³/mol. The number of rotatable bonds is 8. The highest BCUT2D eigenvalue weighted by atomic mass is 16.5. The van der Waals surface area contributed by atoms with E-state index in [-0.39, 0.29) is 0 Å². The number of aldehydes is 1. The number of carbonyl (C=O) groups excluding carboxylic acids is 1. The topological polar surface area (TPSA) is 35.5 Å². The Kier molecular flexibility index (Phi) is 8.15. The summed E-state index contributed by atoms with van der Waals surface area (Å²) >= 11 is 0. The van der Waals surface area contributed by atoms with Crippen molar-refractivity contribution < 1.29 is 14.3 Å². The summed E-state index contributed by atoms with van der Waals surface area (Å²) in [6, 6.07) is 0. The van der Waals surface area contributed by atoms with Crippen molar-refractivity contribution in [3.63, 3.8) is 0 Å². The summed E-state index contributed by atoms with van der Waals surface area (Å²) in [6.45, 7) is 8.43. The maximum Gasteiger partial charge on any atom is 0.123 e.